The Balaban J connectivity index is 1.62. The smallest absolute Gasteiger partial charge is 0.241 e. The lowest BCUT2D eigenvalue weighted by Crippen LogP contribution is -2.59. The zero-order chi connectivity index (χ0) is 16.2. The molecule has 0 radical (unpaired) electrons. The van der Waals surface area contributed by atoms with E-state index in [1.807, 2.05) is 29.2 Å². The summed E-state index contributed by atoms with van der Waals surface area (Å²) in [5.74, 6) is 0.985. The van der Waals surface area contributed by atoms with Crippen molar-refractivity contribution in [2.75, 3.05) is 44.7 Å². The van der Waals surface area contributed by atoms with Gasteiger partial charge in [0.25, 0.3) is 0 Å². The van der Waals surface area contributed by atoms with Crippen molar-refractivity contribution < 1.29 is 14.6 Å². The highest BCUT2D eigenvalue weighted by Crippen LogP contribution is 2.21. The van der Waals surface area contributed by atoms with Crippen LogP contribution in [0.15, 0.2) is 24.3 Å². The number of anilines is 1. The average molecular weight is 319 g/mol. The molecule has 0 saturated carbocycles. The fourth-order valence-electron chi connectivity index (χ4n) is 3.25. The van der Waals surface area contributed by atoms with Crippen LogP contribution in [0.25, 0.3) is 0 Å². The molecule has 1 amide bonds. The van der Waals surface area contributed by atoms with Gasteiger partial charge >= 0.3 is 0 Å². The van der Waals surface area contributed by atoms with Crippen LogP contribution in [-0.4, -0.2) is 67.9 Å². The maximum Gasteiger partial charge on any atom is 0.241 e. The number of hydrogen-bond acceptors (Lipinski definition) is 5. The van der Waals surface area contributed by atoms with Gasteiger partial charge in [-0.1, -0.05) is 0 Å². The van der Waals surface area contributed by atoms with Crippen molar-refractivity contribution in [2.45, 2.75) is 25.0 Å². The van der Waals surface area contributed by atoms with Crippen LogP contribution in [0.3, 0.4) is 0 Å². The molecule has 2 fully saturated rings. The largest absolute Gasteiger partial charge is 0.497 e. The fraction of sp³-hybridized carbons (Fsp3) is 0.588. The third-order valence-corrected chi connectivity index (χ3v) is 4.69. The minimum absolute atomic E-state index is 0.148. The van der Waals surface area contributed by atoms with Crippen molar-refractivity contribution >= 4 is 11.6 Å². The van der Waals surface area contributed by atoms with Crippen LogP contribution < -0.4 is 15.0 Å². The van der Waals surface area contributed by atoms with E-state index in [-0.39, 0.29) is 18.1 Å². The molecule has 23 heavy (non-hydrogen) atoms. The first-order valence-electron chi connectivity index (χ1n) is 8.26. The zero-order valence-electron chi connectivity index (χ0n) is 13.6. The summed E-state index contributed by atoms with van der Waals surface area (Å²) in [6.45, 7) is 3.65. The maximum atomic E-state index is 12.7. The predicted octanol–water partition coefficient (Wildman–Crippen LogP) is 0.457. The lowest BCUT2D eigenvalue weighted by Gasteiger charge is -2.38. The van der Waals surface area contributed by atoms with Gasteiger partial charge in [-0.05, 0) is 37.1 Å². The average Bonchev–Trinajstić information content (AvgIpc) is 2.62. The summed E-state index contributed by atoms with van der Waals surface area (Å²) in [5, 5.41) is 12.9. The first-order chi connectivity index (χ1) is 11.2. The summed E-state index contributed by atoms with van der Waals surface area (Å²) in [4.78, 5) is 16.8. The molecule has 1 atom stereocenters. The minimum atomic E-state index is -0.255. The Morgan fingerprint density at radius 2 is 1.91 bits per heavy atom. The predicted molar refractivity (Wildman–Crippen MR) is 88.8 cm³/mol. The summed E-state index contributed by atoms with van der Waals surface area (Å²) >= 11 is 0. The Kier molecular flexibility index (Phi) is 5.03. The molecule has 6 heteroatoms. The van der Waals surface area contributed by atoms with Crippen LogP contribution in [0.5, 0.6) is 5.75 Å². The Morgan fingerprint density at radius 1 is 1.22 bits per heavy atom. The topological polar surface area (TPSA) is 65.0 Å². The van der Waals surface area contributed by atoms with Crippen molar-refractivity contribution in [2.24, 2.45) is 0 Å². The molecule has 0 spiro atoms. The first-order valence-corrected chi connectivity index (χ1v) is 8.26. The third kappa shape index (κ3) is 3.76. The van der Waals surface area contributed by atoms with Gasteiger partial charge in [-0.3, -0.25) is 4.79 Å². The molecule has 2 aliphatic rings. The molecule has 1 aromatic carbocycles. The van der Waals surface area contributed by atoms with Gasteiger partial charge in [-0.25, -0.2) is 0 Å². The van der Waals surface area contributed by atoms with Gasteiger partial charge in [0, 0.05) is 38.4 Å². The molecule has 126 valence electrons. The van der Waals surface area contributed by atoms with Crippen LogP contribution in [0.2, 0.25) is 0 Å². The van der Waals surface area contributed by atoms with Crippen LogP contribution in [0, 0.1) is 0 Å². The number of ether oxygens (including phenoxy) is 1. The highest BCUT2D eigenvalue weighted by molar-refractivity contribution is 5.83. The van der Waals surface area contributed by atoms with Gasteiger partial charge in [-0.15, -0.1) is 0 Å². The highest BCUT2D eigenvalue weighted by atomic mass is 16.5. The molecule has 2 heterocycles. The number of amides is 1. The van der Waals surface area contributed by atoms with E-state index >= 15 is 0 Å². The Labute approximate surface area is 137 Å². The van der Waals surface area contributed by atoms with E-state index in [2.05, 4.69) is 10.2 Å². The molecule has 0 unspecified atom stereocenters. The lowest BCUT2D eigenvalue weighted by atomic mass is 10.1. The van der Waals surface area contributed by atoms with E-state index in [9.17, 15) is 9.90 Å². The van der Waals surface area contributed by atoms with E-state index in [4.69, 9.17) is 4.74 Å². The second kappa shape index (κ2) is 7.19. The first kappa shape index (κ1) is 16.1. The van der Waals surface area contributed by atoms with Gasteiger partial charge in [0.1, 0.15) is 11.8 Å². The van der Waals surface area contributed by atoms with E-state index in [1.54, 1.807) is 7.11 Å². The molecule has 0 aliphatic carbocycles. The Morgan fingerprint density at radius 3 is 2.57 bits per heavy atom. The van der Waals surface area contributed by atoms with Crippen molar-refractivity contribution in [1.82, 2.24) is 10.2 Å². The van der Waals surface area contributed by atoms with Gasteiger partial charge in [-0.2, -0.15) is 0 Å². The molecular weight excluding hydrogens is 294 g/mol. The second-order valence-electron chi connectivity index (χ2n) is 6.21. The van der Waals surface area contributed by atoms with Crippen LogP contribution in [-0.2, 0) is 4.79 Å². The third-order valence-electron chi connectivity index (χ3n) is 4.69. The molecular formula is C17H25N3O3. The summed E-state index contributed by atoms with van der Waals surface area (Å²) < 4.78 is 5.19. The molecule has 3 rings (SSSR count). The van der Waals surface area contributed by atoms with Gasteiger partial charge in [0.15, 0.2) is 0 Å². The quantitative estimate of drug-likeness (QED) is 0.847. The van der Waals surface area contributed by atoms with Crippen LogP contribution in [0.1, 0.15) is 12.8 Å². The number of benzene rings is 1. The number of piperidine rings is 1. The van der Waals surface area contributed by atoms with Gasteiger partial charge in [0.2, 0.25) is 5.91 Å². The number of hydrogen-bond donors (Lipinski definition) is 2. The number of nitrogens with zero attached hydrogens (tertiary/aromatic N) is 2. The Bertz CT molecular complexity index is 526. The standard InChI is InChI=1S/C17H25N3O3/c1-23-15-4-2-13(3-5-15)20-11-8-18-16(12-20)17(22)19-9-6-14(21)7-10-19/h2-5,14,16,18,21H,6-12H2,1H3/t16-/m1/s1. The van der Waals surface area contributed by atoms with E-state index in [0.29, 0.717) is 32.5 Å². The molecule has 2 N–H and O–H groups in total. The number of carbonyl (C=O) groups is 1. The van der Waals surface area contributed by atoms with E-state index < -0.39 is 0 Å². The monoisotopic (exact) mass is 319 g/mol. The number of piperazine rings is 1. The summed E-state index contributed by atoms with van der Waals surface area (Å²) in [6, 6.07) is 7.77. The lowest BCUT2D eigenvalue weighted by molar-refractivity contribution is -0.135. The van der Waals surface area contributed by atoms with Gasteiger partial charge < -0.3 is 25.0 Å². The number of aliphatic hydroxyl groups excluding tert-OH is 1. The van der Waals surface area contributed by atoms with Crippen molar-refractivity contribution in [3.8, 4) is 5.75 Å². The van der Waals surface area contributed by atoms with Crippen molar-refractivity contribution in [3.63, 3.8) is 0 Å². The summed E-state index contributed by atoms with van der Waals surface area (Å²) in [6.07, 6.45) is 1.11. The molecule has 0 aromatic heterocycles. The number of nitrogens with one attached hydrogen (secondary N) is 1. The number of likely N-dealkylation sites (tertiary alicyclic amines) is 1. The Hall–Kier alpha value is -1.79. The van der Waals surface area contributed by atoms with Crippen molar-refractivity contribution in [1.29, 1.82) is 0 Å². The molecule has 1 aromatic rings. The van der Waals surface area contributed by atoms with E-state index in [0.717, 1.165) is 24.5 Å². The summed E-state index contributed by atoms with van der Waals surface area (Å²) in [5.41, 5.74) is 1.11. The van der Waals surface area contributed by atoms with Crippen LogP contribution in [0.4, 0.5) is 5.69 Å². The zero-order valence-corrected chi connectivity index (χ0v) is 13.6. The van der Waals surface area contributed by atoms with Gasteiger partial charge in [0.05, 0.1) is 13.2 Å². The maximum absolute atomic E-state index is 12.7. The minimum Gasteiger partial charge on any atom is -0.497 e. The number of methoxy groups -OCH3 is 1. The van der Waals surface area contributed by atoms with Crippen LogP contribution >= 0.6 is 0 Å². The molecule has 2 aliphatic heterocycles. The highest BCUT2D eigenvalue weighted by Gasteiger charge is 2.31. The van der Waals surface area contributed by atoms with E-state index in [1.165, 1.54) is 0 Å². The molecule has 0 bridgehead atoms. The fourth-order valence-corrected chi connectivity index (χ4v) is 3.25. The van der Waals surface area contributed by atoms with Crippen molar-refractivity contribution in [3.05, 3.63) is 24.3 Å². The normalized spacial score (nSPS) is 23.0. The molecule has 2 saturated heterocycles. The number of carbonyl (C=O) groups excluding carboxylic acids is 1. The molecule has 6 nitrogen and oxygen atoms in total. The number of aliphatic hydroxyl groups is 1. The second-order valence-corrected chi connectivity index (χ2v) is 6.21. The number of rotatable bonds is 3. The summed E-state index contributed by atoms with van der Waals surface area (Å²) in [7, 11) is 1.66. The SMILES string of the molecule is COc1ccc(N2CCN[C@@H](C(=O)N3CCC(O)CC3)C2)cc1.